The van der Waals surface area contributed by atoms with Gasteiger partial charge in [-0.3, -0.25) is 4.79 Å². The van der Waals surface area contributed by atoms with Crippen LogP contribution in [0.5, 0.6) is 0 Å². The molecule has 1 heterocycles. The number of amides is 1. The lowest BCUT2D eigenvalue weighted by Crippen LogP contribution is -2.37. The van der Waals surface area contributed by atoms with Crippen LogP contribution in [0.25, 0.3) is 0 Å². The van der Waals surface area contributed by atoms with E-state index in [1.807, 2.05) is 24.3 Å². The second-order valence-electron chi connectivity index (χ2n) is 4.67. The molecule has 0 bridgehead atoms. The summed E-state index contributed by atoms with van der Waals surface area (Å²) in [7, 11) is 0. The van der Waals surface area contributed by atoms with Gasteiger partial charge >= 0.3 is 0 Å². The van der Waals surface area contributed by atoms with Gasteiger partial charge in [-0.15, -0.1) is 0 Å². The summed E-state index contributed by atoms with van der Waals surface area (Å²) in [5, 5.41) is 2.97. The smallest absolute Gasteiger partial charge is 0.251 e. The summed E-state index contributed by atoms with van der Waals surface area (Å²) in [6.45, 7) is 4.04. The molecule has 0 aliphatic carbocycles. The van der Waals surface area contributed by atoms with Gasteiger partial charge in [-0.25, -0.2) is 0 Å². The van der Waals surface area contributed by atoms with Gasteiger partial charge in [0.25, 0.3) is 5.91 Å². The largest absolute Gasteiger partial charge is 0.351 e. The van der Waals surface area contributed by atoms with E-state index in [0.717, 1.165) is 23.1 Å². The van der Waals surface area contributed by atoms with E-state index in [1.54, 1.807) is 0 Å². The van der Waals surface area contributed by atoms with Crippen LogP contribution in [-0.2, 0) is 0 Å². The predicted molar refractivity (Wildman–Crippen MR) is 76.8 cm³/mol. The van der Waals surface area contributed by atoms with Gasteiger partial charge in [0.1, 0.15) is 0 Å². The first-order valence-electron chi connectivity index (χ1n) is 6.52. The fourth-order valence-corrected chi connectivity index (χ4v) is 2.48. The fraction of sp³-hybridized carbons (Fsp3) is 0.500. The van der Waals surface area contributed by atoms with Crippen molar-refractivity contribution < 1.29 is 4.79 Å². The lowest BCUT2D eigenvalue weighted by atomic mass is 10.1. The molecule has 1 aromatic carbocycles. The van der Waals surface area contributed by atoms with Crippen molar-refractivity contribution in [3.63, 3.8) is 0 Å². The first-order chi connectivity index (χ1) is 8.75. The predicted octanol–water partition coefficient (Wildman–Crippen LogP) is 2.66. The molecule has 1 aliphatic rings. The minimum Gasteiger partial charge on any atom is -0.351 e. The number of rotatable bonds is 4. The fourth-order valence-electron chi connectivity index (χ4n) is 2.21. The van der Waals surface area contributed by atoms with Crippen molar-refractivity contribution in [2.24, 2.45) is 0 Å². The summed E-state index contributed by atoms with van der Waals surface area (Å²) < 4.78 is 0.993. The van der Waals surface area contributed by atoms with Gasteiger partial charge in [0.15, 0.2) is 0 Å². The van der Waals surface area contributed by atoms with Gasteiger partial charge in [0.05, 0.1) is 0 Å². The Morgan fingerprint density at radius 1 is 1.17 bits per heavy atom. The molecule has 0 atom stereocenters. The number of carbonyl (C=O) groups is 1. The molecule has 4 heteroatoms. The van der Waals surface area contributed by atoms with Crippen LogP contribution in [0.2, 0.25) is 0 Å². The van der Waals surface area contributed by atoms with E-state index in [2.05, 4.69) is 26.1 Å². The molecule has 1 amide bonds. The SMILES string of the molecule is O=C(NCCN1CCCCC1)c1ccc(Br)cc1. The monoisotopic (exact) mass is 310 g/mol. The summed E-state index contributed by atoms with van der Waals surface area (Å²) in [4.78, 5) is 14.3. The van der Waals surface area contributed by atoms with Crippen molar-refractivity contribution in [2.75, 3.05) is 26.2 Å². The minimum atomic E-state index is 0.0134. The zero-order valence-corrected chi connectivity index (χ0v) is 12.1. The first kappa shape index (κ1) is 13.6. The number of piperidine rings is 1. The molecule has 1 saturated heterocycles. The van der Waals surface area contributed by atoms with E-state index in [4.69, 9.17) is 0 Å². The molecule has 2 rings (SSSR count). The summed E-state index contributed by atoms with van der Waals surface area (Å²) in [5.74, 6) is 0.0134. The molecule has 0 unspecified atom stereocenters. The number of likely N-dealkylation sites (tertiary alicyclic amines) is 1. The van der Waals surface area contributed by atoms with Crippen LogP contribution >= 0.6 is 15.9 Å². The molecular weight excluding hydrogens is 292 g/mol. The average Bonchev–Trinajstić information content (AvgIpc) is 2.40. The van der Waals surface area contributed by atoms with Gasteiger partial charge in [-0.2, -0.15) is 0 Å². The Labute approximate surface area is 117 Å². The van der Waals surface area contributed by atoms with Gasteiger partial charge in [-0.1, -0.05) is 22.4 Å². The minimum absolute atomic E-state index is 0.0134. The standard InChI is InChI=1S/C14H19BrN2O/c15-13-6-4-12(5-7-13)14(18)16-8-11-17-9-2-1-3-10-17/h4-7H,1-3,8-11H2,(H,16,18). The third-order valence-electron chi connectivity index (χ3n) is 3.27. The Balaban J connectivity index is 1.72. The van der Waals surface area contributed by atoms with Gasteiger partial charge in [0.2, 0.25) is 0 Å². The number of hydrogen-bond donors (Lipinski definition) is 1. The van der Waals surface area contributed by atoms with E-state index in [9.17, 15) is 4.79 Å². The lowest BCUT2D eigenvalue weighted by molar-refractivity contribution is 0.0946. The molecule has 0 saturated carbocycles. The van der Waals surface area contributed by atoms with Crippen LogP contribution < -0.4 is 5.32 Å². The molecular formula is C14H19BrN2O. The van der Waals surface area contributed by atoms with Crippen molar-refractivity contribution in [1.82, 2.24) is 10.2 Å². The van der Waals surface area contributed by atoms with Crippen LogP contribution in [0.4, 0.5) is 0 Å². The van der Waals surface area contributed by atoms with Crippen LogP contribution in [0.3, 0.4) is 0 Å². The molecule has 3 nitrogen and oxygen atoms in total. The number of carbonyl (C=O) groups excluding carboxylic acids is 1. The van der Waals surface area contributed by atoms with E-state index < -0.39 is 0 Å². The molecule has 1 aliphatic heterocycles. The Morgan fingerprint density at radius 2 is 1.83 bits per heavy atom. The normalized spacial score (nSPS) is 16.5. The molecule has 1 fully saturated rings. The second kappa shape index (κ2) is 6.90. The maximum atomic E-state index is 11.9. The highest BCUT2D eigenvalue weighted by Crippen LogP contribution is 2.10. The molecule has 1 aromatic rings. The zero-order chi connectivity index (χ0) is 12.8. The molecule has 18 heavy (non-hydrogen) atoms. The molecule has 98 valence electrons. The van der Waals surface area contributed by atoms with Gasteiger partial charge in [-0.05, 0) is 50.2 Å². The maximum absolute atomic E-state index is 11.9. The molecule has 0 spiro atoms. The second-order valence-corrected chi connectivity index (χ2v) is 5.58. The summed E-state index contributed by atoms with van der Waals surface area (Å²) in [5.41, 5.74) is 0.719. The Bertz CT molecular complexity index is 385. The third-order valence-corrected chi connectivity index (χ3v) is 3.80. The quantitative estimate of drug-likeness (QED) is 0.927. The topological polar surface area (TPSA) is 32.3 Å². The summed E-state index contributed by atoms with van der Waals surface area (Å²) in [6.07, 6.45) is 3.93. The van der Waals surface area contributed by atoms with Crippen LogP contribution in [0.1, 0.15) is 29.6 Å². The zero-order valence-electron chi connectivity index (χ0n) is 10.5. The van der Waals surface area contributed by atoms with Crippen molar-refractivity contribution in [3.8, 4) is 0 Å². The van der Waals surface area contributed by atoms with Crippen molar-refractivity contribution in [3.05, 3.63) is 34.3 Å². The van der Waals surface area contributed by atoms with E-state index >= 15 is 0 Å². The molecule has 0 aromatic heterocycles. The summed E-state index contributed by atoms with van der Waals surface area (Å²) >= 11 is 3.36. The number of halogens is 1. The molecule has 1 N–H and O–H groups in total. The van der Waals surface area contributed by atoms with E-state index in [0.29, 0.717) is 0 Å². The third kappa shape index (κ3) is 4.10. The number of hydrogen-bond acceptors (Lipinski definition) is 2. The highest BCUT2D eigenvalue weighted by atomic mass is 79.9. The number of nitrogens with one attached hydrogen (secondary N) is 1. The van der Waals surface area contributed by atoms with Crippen molar-refractivity contribution >= 4 is 21.8 Å². The Kier molecular flexibility index (Phi) is 5.20. The van der Waals surface area contributed by atoms with Crippen LogP contribution in [0.15, 0.2) is 28.7 Å². The van der Waals surface area contributed by atoms with Gasteiger partial charge < -0.3 is 10.2 Å². The summed E-state index contributed by atoms with van der Waals surface area (Å²) in [6, 6.07) is 7.44. The number of nitrogens with zero attached hydrogens (tertiary/aromatic N) is 1. The van der Waals surface area contributed by atoms with E-state index in [1.165, 1.54) is 32.4 Å². The Morgan fingerprint density at radius 3 is 2.50 bits per heavy atom. The Hall–Kier alpha value is -0.870. The van der Waals surface area contributed by atoms with Gasteiger partial charge in [0, 0.05) is 23.1 Å². The maximum Gasteiger partial charge on any atom is 0.251 e. The van der Waals surface area contributed by atoms with E-state index in [-0.39, 0.29) is 5.91 Å². The van der Waals surface area contributed by atoms with Crippen LogP contribution in [-0.4, -0.2) is 37.0 Å². The number of benzene rings is 1. The lowest BCUT2D eigenvalue weighted by Gasteiger charge is -2.26. The first-order valence-corrected chi connectivity index (χ1v) is 7.31. The van der Waals surface area contributed by atoms with Crippen molar-refractivity contribution in [2.45, 2.75) is 19.3 Å². The average molecular weight is 311 g/mol. The highest BCUT2D eigenvalue weighted by Gasteiger charge is 2.10. The van der Waals surface area contributed by atoms with Crippen LogP contribution in [0, 0.1) is 0 Å². The molecule has 0 radical (unpaired) electrons. The van der Waals surface area contributed by atoms with Crippen molar-refractivity contribution in [1.29, 1.82) is 0 Å². The highest BCUT2D eigenvalue weighted by molar-refractivity contribution is 9.10.